The number of hydrogen-bond acceptors (Lipinski definition) is 8. The van der Waals surface area contributed by atoms with Crippen LogP contribution in [0.15, 0.2) is 64.4 Å². The van der Waals surface area contributed by atoms with Crippen molar-refractivity contribution >= 4 is 33.9 Å². The van der Waals surface area contributed by atoms with Crippen LogP contribution in [0.5, 0.6) is 0 Å². The molecule has 0 amide bonds. The Bertz CT molecular complexity index is 1440. The lowest BCUT2D eigenvalue weighted by molar-refractivity contribution is -0.139. The highest BCUT2D eigenvalue weighted by molar-refractivity contribution is 5.93. The minimum atomic E-state index is -1.07. The molecule has 0 radical (unpaired) electrons. The third-order valence-electron chi connectivity index (χ3n) is 6.28. The van der Waals surface area contributed by atoms with Gasteiger partial charge in [-0.3, -0.25) is 19.6 Å². The summed E-state index contributed by atoms with van der Waals surface area (Å²) in [5, 5.41) is 18.6. The maximum atomic E-state index is 12.3. The molecule has 0 bridgehead atoms. The van der Waals surface area contributed by atoms with Crippen LogP contribution in [0.25, 0.3) is 10.8 Å². The second-order valence-corrected chi connectivity index (χ2v) is 8.50. The summed E-state index contributed by atoms with van der Waals surface area (Å²) in [6.45, 7) is 6.80. The van der Waals surface area contributed by atoms with E-state index in [1.807, 2.05) is 44.2 Å². The summed E-state index contributed by atoms with van der Waals surface area (Å²) >= 11 is 0. The Hall–Kier alpha value is -4.11. The van der Waals surface area contributed by atoms with E-state index >= 15 is 0 Å². The van der Waals surface area contributed by atoms with Gasteiger partial charge in [0.15, 0.2) is 0 Å². The number of carboxylic acids is 1. The van der Waals surface area contributed by atoms with Crippen LogP contribution >= 0.6 is 0 Å². The van der Waals surface area contributed by atoms with Crippen molar-refractivity contribution in [3.8, 4) is 0 Å². The van der Waals surface area contributed by atoms with Gasteiger partial charge in [-0.2, -0.15) is 0 Å². The van der Waals surface area contributed by atoms with Crippen LogP contribution in [0, 0.1) is 0 Å². The fourth-order valence-corrected chi connectivity index (χ4v) is 4.30. The summed E-state index contributed by atoms with van der Waals surface area (Å²) in [4.78, 5) is 45.0. The van der Waals surface area contributed by atoms with Gasteiger partial charge in [-0.15, -0.1) is 0 Å². The Morgan fingerprint density at radius 2 is 1.78 bits per heavy atom. The van der Waals surface area contributed by atoms with Gasteiger partial charge >= 0.3 is 5.97 Å². The average molecular weight is 488 g/mol. The number of carbonyl (C=O) groups is 1. The molecule has 0 aliphatic carbocycles. The highest BCUT2D eigenvalue weighted by Crippen LogP contribution is 2.26. The smallest absolute Gasteiger partial charge is 0.328 e. The van der Waals surface area contributed by atoms with Gasteiger partial charge in [-0.25, -0.2) is 14.8 Å². The topological polar surface area (TPSA) is 116 Å². The largest absolute Gasteiger partial charge is 0.480 e. The number of benzene rings is 1. The Kier molecular flexibility index (Phi) is 7.40. The third kappa shape index (κ3) is 4.96. The molecule has 9 heteroatoms. The van der Waals surface area contributed by atoms with Crippen molar-refractivity contribution in [1.29, 1.82) is 0 Å². The Morgan fingerprint density at radius 1 is 1.06 bits per heavy atom. The van der Waals surface area contributed by atoms with Crippen LogP contribution in [0.2, 0.25) is 0 Å². The van der Waals surface area contributed by atoms with Crippen LogP contribution in [0.3, 0.4) is 0 Å². The summed E-state index contributed by atoms with van der Waals surface area (Å²) in [7, 11) is 0. The van der Waals surface area contributed by atoms with E-state index in [9.17, 15) is 19.5 Å². The number of nitrogens with one attached hydrogen (secondary N) is 1. The zero-order chi connectivity index (χ0) is 25.8. The molecule has 1 atom stereocenters. The Balaban J connectivity index is 1.59. The number of hydrazine groups is 1. The minimum absolute atomic E-state index is 0.122. The van der Waals surface area contributed by atoms with Gasteiger partial charge in [0.1, 0.15) is 17.5 Å². The fraction of sp³-hybridized carbons (Fsp3) is 0.296. The first-order valence-electron chi connectivity index (χ1n) is 12.0. The molecule has 4 aromatic rings. The number of carboxylic acid groups (broad SMARTS) is 1. The molecule has 0 saturated heterocycles. The van der Waals surface area contributed by atoms with E-state index in [2.05, 4.69) is 23.3 Å². The highest BCUT2D eigenvalue weighted by Gasteiger charge is 2.33. The van der Waals surface area contributed by atoms with E-state index in [-0.39, 0.29) is 12.1 Å². The molecule has 0 saturated carbocycles. The second kappa shape index (κ2) is 10.7. The number of anilines is 3. The zero-order valence-corrected chi connectivity index (χ0v) is 20.6. The lowest BCUT2D eigenvalue weighted by atomic mass is 10.0. The number of fused-ring (bicyclic) bond motifs is 1. The molecule has 1 unspecified atom stereocenters. The normalized spacial score (nSPS) is 12.2. The summed E-state index contributed by atoms with van der Waals surface area (Å²) in [6.07, 6.45) is 4.49. The first kappa shape index (κ1) is 25.0. The Morgan fingerprint density at radius 3 is 2.36 bits per heavy atom. The van der Waals surface area contributed by atoms with Gasteiger partial charge in [0.05, 0.1) is 0 Å². The van der Waals surface area contributed by atoms with Gasteiger partial charge in [0.2, 0.25) is 10.9 Å². The number of aromatic nitrogens is 2. The number of rotatable bonds is 11. The zero-order valence-electron chi connectivity index (χ0n) is 20.6. The molecule has 2 heterocycles. The molecule has 2 N–H and O–H groups in total. The van der Waals surface area contributed by atoms with Crippen molar-refractivity contribution in [3.05, 3.63) is 86.6 Å². The van der Waals surface area contributed by atoms with Gasteiger partial charge in [-0.05, 0) is 41.6 Å². The van der Waals surface area contributed by atoms with Gasteiger partial charge in [0, 0.05) is 54.7 Å². The van der Waals surface area contributed by atoms with Gasteiger partial charge in [-0.1, -0.05) is 32.9 Å². The van der Waals surface area contributed by atoms with Crippen LogP contribution in [0.4, 0.5) is 17.2 Å². The number of aliphatic carboxylic acids is 1. The molecule has 36 heavy (non-hydrogen) atoms. The molecule has 0 spiro atoms. The molecule has 2 aromatic carbocycles. The van der Waals surface area contributed by atoms with Crippen molar-refractivity contribution in [3.63, 3.8) is 0 Å². The number of hydrogen-bond donors (Lipinski definition) is 2. The average Bonchev–Trinajstić information content (AvgIpc) is 2.90. The van der Waals surface area contributed by atoms with Crippen molar-refractivity contribution in [2.75, 3.05) is 23.4 Å². The molecule has 0 aliphatic rings. The first-order valence-corrected chi connectivity index (χ1v) is 12.0. The predicted octanol–water partition coefficient (Wildman–Crippen LogP) is 3.29. The third-order valence-corrected chi connectivity index (χ3v) is 6.28. The maximum absolute atomic E-state index is 12.3. The van der Waals surface area contributed by atoms with E-state index in [1.165, 1.54) is 11.1 Å². The van der Waals surface area contributed by atoms with E-state index in [1.54, 1.807) is 17.4 Å². The van der Waals surface area contributed by atoms with Gasteiger partial charge in [0.25, 0.3) is 0 Å². The Labute approximate surface area is 208 Å². The minimum Gasteiger partial charge on any atom is -0.480 e. The van der Waals surface area contributed by atoms with E-state index in [4.69, 9.17) is 4.98 Å². The van der Waals surface area contributed by atoms with Crippen molar-refractivity contribution in [1.82, 2.24) is 15.0 Å². The molecule has 186 valence electrons. The molecule has 0 aliphatic heterocycles. The molecule has 2 aromatic heterocycles. The molecule has 0 fully saturated rings. The van der Waals surface area contributed by atoms with E-state index in [0.717, 1.165) is 34.1 Å². The van der Waals surface area contributed by atoms with Crippen LogP contribution in [0.1, 0.15) is 32.0 Å². The monoisotopic (exact) mass is 487 g/mol. The van der Waals surface area contributed by atoms with Gasteiger partial charge < -0.3 is 10.4 Å². The maximum Gasteiger partial charge on any atom is 0.328 e. The quantitative estimate of drug-likeness (QED) is 0.243. The van der Waals surface area contributed by atoms with Crippen LogP contribution in [-0.2, 0) is 17.6 Å². The van der Waals surface area contributed by atoms with Crippen molar-refractivity contribution in [2.24, 2.45) is 0 Å². The van der Waals surface area contributed by atoms with E-state index < -0.39 is 22.9 Å². The number of nitrogens with zero attached hydrogens (tertiary/aromatic N) is 4. The summed E-state index contributed by atoms with van der Waals surface area (Å²) in [6, 6.07) is 11.6. The first-order chi connectivity index (χ1) is 17.4. The lowest BCUT2D eigenvalue weighted by Gasteiger charge is -2.39. The van der Waals surface area contributed by atoms with Crippen molar-refractivity contribution < 1.29 is 9.90 Å². The SMILES string of the molecule is CCc1cc2ccncc2c(Nc2ccc(CC(C(=O)O)N(c3cc(=O)c3=O)N(CC)CC)cc2)n1. The summed E-state index contributed by atoms with van der Waals surface area (Å²) < 4.78 is 0. The highest BCUT2D eigenvalue weighted by atomic mass is 16.4. The van der Waals surface area contributed by atoms with Crippen molar-refractivity contribution in [2.45, 2.75) is 39.7 Å². The standard InChI is InChI=1S/C27H29N5O4/c1-4-19-14-18-11-12-28-16-21(18)26(29-19)30-20-9-7-17(8-10-20)13-23(27(35)36)32(31(5-2)6-3)22-15-24(33)25(22)34/h7-12,14-16,23H,4-6,13H2,1-3H3,(H,29,30)(H,35,36). The second-order valence-electron chi connectivity index (χ2n) is 8.50. The molecular formula is C27H29N5O4. The molecular weight excluding hydrogens is 458 g/mol. The predicted molar refractivity (Wildman–Crippen MR) is 141 cm³/mol. The van der Waals surface area contributed by atoms with Crippen LogP contribution in [-0.4, -0.2) is 45.2 Å². The van der Waals surface area contributed by atoms with E-state index in [0.29, 0.717) is 18.9 Å². The number of pyridine rings is 2. The lowest BCUT2D eigenvalue weighted by Crippen LogP contribution is -2.57. The molecule has 9 nitrogen and oxygen atoms in total. The fourth-order valence-electron chi connectivity index (χ4n) is 4.30. The molecule has 4 rings (SSSR count). The number of aryl methyl sites for hydroxylation is 1. The summed E-state index contributed by atoms with van der Waals surface area (Å²) in [5.41, 5.74) is 1.41. The van der Waals surface area contributed by atoms with Crippen LogP contribution < -0.4 is 21.2 Å². The summed E-state index contributed by atoms with van der Waals surface area (Å²) in [5.74, 6) is -0.363.